The lowest BCUT2D eigenvalue weighted by Crippen LogP contribution is -2.32. The number of carbonyl (C=O) groups excluding carboxylic acids is 2. The summed E-state index contributed by atoms with van der Waals surface area (Å²) in [6.07, 6.45) is 0. The summed E-state index contributed by atoms with van der Waals surface area (Å²) in [6.45, 7) is 0.682. The first-order valence-electron chi connectivity index (χ1n) is 8.07. The number of urea groups is 1. The van der Waals surface area contributed by atoms with Crippen molar-refractivity contribution >= 4 is 41.0 Å². The highest BCUT2D eigenvalue weighted by molar-refractivity contribution is 7.99. The van der Waals surface area contributed by atoms with Crippen molar-refractivity contribution in [2.75, 3.05) is 23.5 Å². The Labute approximate surface area is 158 Å². The average molecular weight is 392 g/mol. The molecule has 2 heterocycles. The minimum Gasteiger partial charge on any atom is -0.341 e. The summed E-state index contributed by atoms with van der Waals surface area (Å²) >= 11 is 7.92. The molecule has 2 aliphatic heterocycles. The van der Waals surface area contributed by atoms with E-state index in [-0.39, 0.29) is 11.9 Å². The maximum atomic E-state index is 13.7. The summed E-state index contributed by atoms with van der Waals surface area (Å²) in [4.78, 5) is 26.5. The Hall–Kier alpha value is -2.25. The van der Waals surface area contributed by atoms with E-state index in [1.165, 1.54) is 18.2 Å². The lowest BCUT2D eigenvalue weighted by molar-refractivity contribution is 0.0960. The number of carbonyl (C=O) groups is 2. The Bertz CT molecular complexity index is 902. The van der Waals surface area contributed by atoms with E-state index in [1.807, 2.05) is 0 Å². The SMILES string of the molecule is O=C1NC(c2cc(F)ccc2Cl)c2c(NC(=O)N3CCSC3)cccc21. The van der Waals surface area contributed by atoms with Crippen LogP contribution in [-0.4, -0.2) is 35.0 Å². The van der Waals surface area contributed by atoms with E-state index >= 15 is 0 Å². The number of hydrogen-bond acceptors (Lipinski definition) is 3. The van der Waals surface area contributed by atoms with E-state index < -0.39 is 11.9 Å². The zero-order chi connectivity index (χ0) is 18.3. The van der Waals surface area contributed by atoms with Crippen molar-refractivity contribution in [3.63, 3.8) is 0 Å². The summed E-state index contributed by atoms with van der Waals surface area (Å²) < 4.78 is 13.7. The van der Waals surface area contributed by atoms with E-state index in [0.29, 0.717) is 39.8 Å². The van der Waals surface area contributed by atoms with E-state index in [0.717, 1.165) is 5.75 Å². The van der Waals surface area contributed by atoms with Crippen LogP contribution in [0.4, 0.5) is 14.9 Å². The first-order valence-corrected chi connectivity index (χ1v) is 9.60. The number of anilines is 1. The standard InChI is InChI=1S/C18H15ClFN3O2S/c19-13-5-4-10(20)8-12(13)16-15-11(17(24)22-16)2-1-3-14(15)21-18(25)23-6-7-26-9-23/h1-5,8,16H,6-7,9H2,(H,21,25)(H,22,24). The van der Waals surface area contributed by atoms with Gasteiger partial charge in [0.05, 0.1) is 11.9 Å². The molecule has 3 amide bonds. The molecule has 2 aliphatic rings. The van der Waals surface area contributed by atoms with Gasteiger partial charge in [0.15, 0.2) is 0 Å². The summed E-state index contributed by atoms with van der Waals surface area (Å²) in [5.74, 6) is 0.819. The molecule has 0 saturated carbocycles. The van der Waals surface area contributed by atoms with Gasteiger partial charge in [-0.2, -0.15) is 0 Å². The molecular weight excluding hydrogens is 377 g/mol. The van der Waals surface area contributed by atoms with Crippen molar-refractivity contribution in [1.82, 2.24) is 10.2 Å². The Kier molecular flexibility index (Phi) is 4.50. The second kappa shape index (κ2) is 6.81. The molecule has 0 spiro atoms. The van der Waals surface area contributed by atoms with Crippen molar-refractivity contribution in [3.8, 4) is 0 Å². The van der Waals surface area contributed by atoms with E-state index in [9.17, 15) is 14.0 Å². The lowest BCUT2D eigenvalue weighted by Gasteiger charge is -2.20. The molecular formula is C18H15ClFN3O2S. The topological polar surface area (TPSA) is 61.4 Å². The monoisotopic (exact) mass is 391 g/mol. The first kappa shape index (κ1) is 17.2. The van der Waals surface area contributed by atoms with Gasteiger partial charge < -0.3 is 15.5 Å². The van der Waals surface area contributed by atoms with Crippen LogP contribution in [0, 0.1) is 5.82 Å². The lowest BCUT2D eigenvalue weighted by atomic mass is 9.96. The molecule has 5 nitrogen and oxygen atoms in total. The van der Waals surface area contributed by atoms with E-state index in [2.05, 4.69) is 10.6 Å². The minimum absolute atomic E-state index is 0.216. The molecule has 2 aromatic carbocycles. The first-order chi connectivity index (χ1) is 12.5. The molecule has 0 aliphatic carbocycles. The van der Waals surface area contributed by atoms with Crippen LogP contribution in [0.15, 0.2) is 36.4 Å². The van der Waals surface area contributed by atoms with Gasteiger partial charge in [-0.25, -0.2) is 9.18 Å². The molecule has 8 heteroatoms. The van der Waals surface area contributed by atoms with Gasteiger partial charge in [0, 0.05) is 39.7 Å². The Balaban J connectivity index is 1.74. The van der Waals surface area contributed by atoms with Crippen LogP contribution >= 0.6 is 23.4 Å². The fraction of sp³-hybridized carbons (Fsp3) is 0.222. The molecule has 1 saturated heterocycles. The number of rotatable bonds is 2. The summed E-state index contributed by atoms with van der Waals surface area (Å²) in [6, 6.07) is 8.32. The van der Waals surface area contributed by atoms with Crippen molar-refractivity contribution in [2.45, 2.75) is 6.04 Å². The fourth-order valence-corrected chi connectivity index (χ4v) is 4.37. The highest BCUT2D eigenvalue weighted by Gasteiger charge is 2.34. The Morgan fingerprint density at radius 2 is 2.19 bits per heavy atom. The summed E-state index contributed by atoms with van der Waals surface area (Å²) in [5, 5.41) is 6.06. The molecule has 134 valence electrons. The molecule has 1 unspecified atom stereocenters. The third-order valence-electron chi connectivity index (χ3n) is 4.47. The summed E-state index contributed by atoms with van der Waals surface area (Å²) in [7, 11) is 0. The number of nitrogens with one attached hydrogen (secondary N) is 2. The molecule has 0 radical (unpaired) electrons. The maximum Gasteiger partial charge on any atom is 0.322 e. The number of thioether (sulfide) groups is 1. The van der Waals surface area contributed by atoms with Crippen molar-refractivity contribution in [3.05, 3.63) is 63.9 Å². The molecule has 2 N–H and O–H groups in total. The minimum atomic E-state index is -0.620. The van der Waals surface area contributed by atoms with Gasteiger partial charge in [-0.1, -0.05) is 17.7 Å². The second-order valence-corrected chi connectivity index (χ2v) is 7.55. The van der Waals surface area contributed by atoms with Gasteiger partial charge >= 0.3 is 6.03 Å². The van der Waals surface area contributed by atoms with Crippen LogP contribution < -0.4 is 10.6 Å². The number of amides is 3. The highest BCUT2D eigenvalue weighted by atomic mass is 35.5. The molecule has 2 aromatic rings. The molecule has 1 atom stereocenters. The molecule has 1 fully saturated rings. The number of benzene rings is 2. The van der Waals surface area contributed by atoms with E-state index in [1.54, 1.807) is 34.9 Å². The van der Waals surface area contributed by atoms with Crippen molar-refractivity contribution in [2.24, 2.45) is 0 Å². The largest absolute Gasteiger partial charge is 0.341 e. The maximum absolute atomic E-state index is 13.7. The normalized spacial score (nSPS) is 18.6. The average Bonchev–Trinajstić information content (AvgIpc) is 3.26. The van der Waals surface area contributed by atoms with Crippen LogP contribution in [0.25, 0.3) is 0 Å². The zero-order valence-electron chi connectivity index (χ0n) is 13.6. The molecule has 26 heavy (non-hydrogen) atoms. The van der Waals surface area contributed by atoms with Gasteiger partial charge in [-0.15, -0.1) is 11.8 Å². The third kappa shape index (κ3) is 3.01. The quantitative estimate of drug-likeness (QED) is 0.817. The Morgan fingerprint density at radius 3 is 2.96 bits per heavy atom. The molecule has 4 rings (SSSR count). The fourth-order valence-electron chi connectivity index (χ4n) is 3.20. The predicted octanol–water partition coefficient (Wildman–Crippen LogP) is 3.85. The molecule has 0 aromatic heterocycles. The van der Waals surface area contributed by atoms with Crippen LogP contribution in [0.2, 0.25) is 5.02 Å². The van der Waals surface area contributed by atoms with Gasteiger partial charge in [0.1, 0.15) is 5.82 Å². The summed E-state index contributed by atoms with van der Waals surface area (Å²) in [5.41, 5.74) is 2.03. The van der Waals surface area contributed by atoms with Gasteiger partial charge in [0.25, 0.3) is 5.91 Å². The van der Waals surface area contributed by atoms with Crippen LogP contribution in [0.1, 0.15) is 27.5 Å². The number of nitrogens with zero attached hydrogens (tertiary/aromatic N) is 1. The third-order valence-corrected chi connectivity index (χ3v) is 5.78. The molecule has 0 bridgehead atoms. The number of hydrogen-bond donors (Lipinski definition) is 2. The van der Waals surface area contributed by atoms with Crippen molar-refractivity contribution in [1.29, 1.82) is 0 Å². The van der Waals surface area contributed by atoms with Gasteiger partial charge in [-0.3, -0.25) is 4.79 Å². The smallest absolute Gasteiger partial charge is 0.322 e. The van der Waals surface area contributed by atoms with Crippen molar-refractivity contribution < 1.29 is 14.0 Å². The van der Waals surface area contributed by atoms with Crippen LogP contribution in [0.3, 0.4) is 0 Å². The Morgan fingerprint density at radius 1 is 1.35 bits per heavy atom. The number of halogens is 2. The highest BCUT2D eigenvalue weighted by Crippen LogP contribution is 2.39. The second-order valence-electron chi connectivity index (χ2n) is 6.07. The van der Waals surface area contributed by atoms with Gasteiger partial charge in [-0.05, 0) is 30.3 Å². The van der Waals surface area contributed by atoms with E-state index in [4.69, 9.17) is 11.6 Å². The predicted molar refractivity (Wildman–Crippen MR) is 100 cm³/mol. The number of fused-ring (bicyclic) bond motifs is 1. The van der Waals surface area contributed by atoms with Gasteiger partial charge in [0.2, 0.25) is 0 Å². The van der Waals surface area contributed by atoms with Crippen LogP contribution in [0.5, 0.6) is 0 Å². The van der Waals surface area contributed by atoms with Crippen LogP contribution in [-0.2, 0) is 0 Å². The zero-order valence-corrected chi connectivity index (χ0v) is 15.2.